The molecule has 0 radical (unpaired) electrons. The number of fused-ring (bicyclic) bond motifs is 1. The molecule has 0 spiro atoms. The van der Waals surface area contributed by atoms with Gasteiger partial charge < -0.3 is 61.7 Å². The molecule has 7 atom stereocenters. The van der Waals surface area contributed by atoms with E-state index in [0.717, 1.165) is 97.0 Å². The van der Waals surface area contributed by atoms with Crippen LogP contribution in [0.5, 0.6) is 0 Å². The Bertz CT molecular complexity index is 1180. The number of ether oxygens (including phenoxy) is 12. The Hall–Kier alpha value is -1.54. The summed E-state index contributed by atoms with van der Waals surface area (Å²) in [6.07, 6.45) is 4.91. The Morgan fingerprint density at radius 1 is 0.738 bits per heavy atom. The third-order valence-corrected chi connectivity index (χ3v) is 10.9. The zero-order valence-corrected chi connectivity index (χ0v) is 44.0. The number of halogens is 1. The van der Waals surface area contributed by atoms with Gasteiger partial charge in [-0.05, 0) is 37.7 Å². The van der Waals surface area contributed by atoms with Crippen molar-refractivity contribution in [2.75, 3.05) is 149 Å². The second kappa shape index (κ2) is 42.6. The van der Waals surface area contributed by atoms with E-state index < -0.39 is 5.79 Å². The van der Waals surface area contributed by atoms with Gasteiger partial charge in [-0.2, -0.15) is 0 Å². The summed E-state index contributed by atoms with van der Waals surface area (Å²) in [5.41, 5.74) is 1.22. The summed E-state index contributed by atoms with van der Waals surface area (Å²) in [6, 6.07) is 10.1. The maximum absolute atomic E-state index is 11.0. The van der Waals surface area contributed by atoms with E-state index in [-0.39, 0.29) is 42.7 Å². The van der Waals surface area contributed by atoms with Gasteiger partial charge >= 0.3 is 0 Å². The highest BCUT2D eigenvalue weighted by molar-refractivity contribution is 5.85. The molecule has 0 saturated carbocycles. The Balaban J connectivity index is 0. The van der Waals surface area contributed by atoms with Crippen molar-refractivity contribution in [1.29, 1.82) is 0 Å². The molecule has 5 heterocycles. The van der Waals surface area contributed by atoms with Crippen LogP contribution in [0.3, 0.4) is 0 Å². The third kappa shape index (κ3) is 32.8. The largest absolute Gasteiger partial charge is 0.384 e. The zero-order valence-electron chi connectivity index (χ0n) is 43.2. The lowest BCUT2D eigenvalue weighted by Gasteiger charge is -2.25. The van der Waals surface area contributed by atoms with Crippen LogP contribution in [-0.4, -0.2) is 194 Å². The molecule has 65 heavy (non-hydrogen) atoms. The Morgan fingerprint density at radius 3 is 1.77 bits per heavy atom. The molecule has 16 heteroatoms. The third-order valence-electron chi connectivity index (χ3n) is 10.9. The van der Waals surface area contributed by atoms with Crippen molar-refractivity contribution in [2.24, 2.45) is 17.8 Å². The molecular formula is C49H95ClN2O13. The first-order valence-electron chi connectivity index (χ1n) is 23.4. The molecule has 5 aliphatic heterocycles. The first-order chi connectivity index (χ1) is 30.8. The quantitative estimate of drug-likeness (QED) is 0.158. The van der Waals surface area contributed by atoms with Gasteiger partial charge in [-0.25, -0.2) is 0 Å². The normalized spacial score (nSPS) is 23.6. The molecule has 1 amide bonds. The summed E-state index contributed by atoms with van der Waals surface area (Å²) < 4.78 is 61.7. The van der Waals surface area contributed by atoms with Crippen molar-refractivity contribution in [3.63, 3.8) is 0 Å². The molecule has 386 valence electrons. The maximum Gasteiger partial charge on any atom is 0.222 e. The van der Waals surface area contributed by atoms with Gasteiger partial charge in [-0.15, -0.1) is 12.4 Å². The van der Waals surface area contributed by atoms with Gasteiger partial charge in [0.15, 0.2) is 5.79 Å². The summed E-state index contributed by atoms with van der Waals surface area (Å²) in [5, 5.41) is 0. The molecule has 7 unspecified atom stereocenters. The van der Waals surface area contributed by atoms with Crippen LogP contribution >= 0.6 is 12.4 Å². The minimum atomic E-state index is -0.413. The molecule has 6 rings (SSSR count). The minimum absolute atomic E-state index is 0. The minimum Gasteiger partial charge on any atom is -0.384 e. The zero-order chi connectivity index (χ0) is 48.0. The van der Waals surface area contributed by atoms with E-state index in [1.54, 1.807) is 49.8 Å². The van der Waals surface area contributed by atoms with Crippen LogP contribution in [-0.2, 0) is 68.2 Å². The summed E-state index contributed by atoms with van der Waals surface area (Å²) in [7, 11) is 11.9. The predicted octanol–water partition coefficient (Wildman–Crippen LogP) is 7.05. The molecule has 0 bridgehead atoms. The number of hydrogen-bond acceptors (Lipinski definition) is 14. The number of morpholine rings is 1. The molecular weight excluding hydrogens is 860 g/mol. The number of amides is 1. The highest BCUT2D eigenvalue weighted by Crippen LogP contribution is 2.31. The molecule has 1 aromatic rings. The van der Waals surface area contributed by atoms with E-state index in [1.807, 2.05) is 49.1 Å². The fourth-order valence-electron chi connectivity index (χ4n) is 6.62. The Labute approximate surface area is 401 Å². The van der Waals surface area contributed by atoms with Crippen molar-refractivity contribution in [3.8, 4) is 0 Å². The van der Waals surface area contributed by atoms with Gasteiger partial charge in [0.05, 0.1) is 65.6 Å². The summed E-state index contributed by atoms with van der Waals surface area (Å²) in [5.74, 6) is 1.84. The molecule has 15 nitrogen and oxygen atoms in total. The van der Waals surface area contributed by atoms with Gasteiger partial charge in [-0.3, -0.25) is 9.69 Å². The van der Waals surface area contributed by atoms with Crippen LogP contribution in [0, 0.1) is 17.8 Å². The predicted molar refractivity (Wildman–Crippen MR) is 260 cm³/mol. The number of methoxy groups -OCH3 is 7. The van der Waals surface area contributed by atoms with Crippen molar-refractivity contribution < 1.29 is 61.6 Å². The lowest BCUT2D eigenvalue weighted by Crippen LogP contribution is -2.38. The molecule has 5 saturated heterocycles. The van der Waals surface area contributed by atoms with E-state index in [4.69, 9.17) is 56.8 Å². The summed E-state index contributed by atoms with van der Waals surface area (Å²) in [4.78, 5) is 15.2. The first-order valence-corrected chi connectivity index (χ1v) is 23.4. The Kier molecular flexibility index (Phi) is 42.9. The number of likely N-dealkylation sites (tertiary alicyclic amines) is 1. The first kappa shape index (κ1) is 65.5. The molecule has 0 aliphatic carbocycles. The summed E-state index contributed by atoms with van der Waals surface area (Å²) in [6.45, 7) is 28.0. The molecule has 5 aliphatic rings. The van der Waals surface area contributed by atoms with Crippen LogP contribution in [0.15, 0.2) is 30.3 Å². The number of carbonyl (C=O) groups excluding carboxylic acids is 1. The van der Waals surface area contributed by atoms with Crippen LogP contribution < -0.4 is 0 Å². The SMILES string of the molecule is CCC(C)COC.CCC(C)COC.COC1COC2C(C)COC12.COCC1COC(C)(C)O1.COCCN1CCCC1=O.COCCN1CCOCC1.COCc1ccccc1.Cl. The van der Waals surface area contributed by atoms with Crippen LogP contribution in [0.2, 0.25) is 0 Å². The van der Waals surface area contributed by atoms with Gasteiger partial charge in [-0.1, -0.05) is 77.8 Å². The van der Waals surface area contributed by atoms with E-state index >= 15 is 0 Å². The van der Waals surface area contributed by atoms with Crippen molar-refractivity contribution in [1.82, 2.24) is 9.80 Å². The second-order valence-electron chi connectivity index (χ2n) is 17.0. The highest BCUT2D eigenvalue weighted by Gasteiger charge is 2.45. The highest BCUT2D eigenvalue weighted by atomic mass is 35.5. The standard InChI is InChI=1S/C8H14O3.C8H10O.C7H15NO2.C7H13NO2.C7H14O3.2C6H14O.ClH/c1-5-3-10-8-6(9-2)4-11-7(5)8;1-9-7-8-5-3-2-4-6-8;1-9-5-2-8-3-6-10-7-4-8;1-10-6-5-8-4-2-3-7(8)9;1-7(2)9-5-6(10-7)4-8-3;2*1-4-6(2)5-7-3;/h5-8H,3-4H2,1-2H3;2-6H,7H2,1H3;2-7H2,1H3;2-6H2,1H3;6H,4-5H2,1-3H3;2*6H,4-5H2,1-3H3;1H. The van der Waals surface area contributed by atoms with Crippen LogP contribution in [0.1, 0.15) is 79.7 Å². The fourth-order valence-corrected chi connectivity index (χ4v) is 6.62. The average Bonchev–Trinajstić information content (AvgIpc) is 4.10. The van der Waals surface area contributed by atoms with Crippen molar-refractivity contribution in [3.05, 3.63) is 35.9 Å². The van der Waals surface area contributed by atoms with Gasteiger partial charge in [0.1, 0.15) is 18.3 Å². The lowest BCUT2D eigenvalue weighted by atomic mass is 10.0. The van der Waals surface area contributed by atoms with E-state index in [2.05, 4.69) is 39.5 Å². The van der Waals surface area contributed by atoms with E-state index in [0.29, 0.717) is 39.0 Å². The van der Waals surface area contributed by atoms with E-state index in [1.165, 1.54) is 18.4 Å². The molecule has 0 aromatic heterocycles. The lowest BCUT2D eigenvalue weighted by molar-refractivity contribution is -0.143. The number of benzene rings is 1. The Morgan fingerprint density at radius 2 is 1.32 bits per heavy atom. The maximum atomic E-state index is 11.0. The van der Waals surface area contributed by atoms with Crippen molar-refractivity contribution >= 4 is 18.3 Å². The topological polar surface area (TPSA) is 134 Å². The number of rotatable bonds is 17. The second-order valence-corrected chi connectivity index (χ2v) is 17.0. The number of carbonyl (C=O) groups is 1. The molecule has 1 aromatic carbocycles. The number of nitrogens with zero attached hydrogens (tertiary/aromatic N) is 2. The monoisotopic (exact) mass is 955 g/mol. The molecule has 0 N–H and O–H groups in total. The van der Waals surface area contributed by atoms with Gasteiger partial charge in [0, 0.05) is 108 Å². The van der Waals surface area contributed by atoms with Crippen molar-refractivity contribution in [2.45, 2.75) is 111 Å². The van der Waals surface area contributed by atoms with Crippen LogP contribution in [0.4, 0.5) is 0 Å². The van der Waals surface area contributed by atoms with Gasteiger partial charge in [0.25, 0.3) is 0 Å². The van der Waals surface area contributed by atoms with Crippen LogP contribution in [0.25, 0.3) is 0 Å². The fraction of sp³-hybridized carbons (Fsp3) is 0.857. The van der Waals surface area contributed by atoms with E-state index in [9.17, 15) is 4.79 Å². The molecule has 5 fully saturated rings. The summed E-state index contributed by atoms with van der Waals surface area (Å²) >= 11 is 0. The van der Waals surface area contributed by atoms with Gasteiger partial charge in [0.2, 0.25) is 5.91 Å². The average molecular weight is 956 g/mol. The smallest absolute Gasteiger partial charge is 0.222 e. The number of hydrogen-bond donors (Lipinski definition) is 0.